The van der Waals surface area contributed by atoms with Gasteiger partial charge in [0.2, 0.25) is 5.12 Å². The molecule has 2 aromatic rings. The van der Waals surface area contributed by atoms with Crippen LogP contribution in [0.5, 0.6) is 0 Å². The lowest BCUT2D eigenvalue weighted by molar-refractivity contribution is -0.228. The van der Waals surface area contributed by atoms with Gasteiger partial charge >= 0.3 is 0 Å². The average molecular weight is 670 g/mol. The molecule has 5 aliphatic rings. The van der Waals surface area contributed by atoms with E-state index < -0.39 is 46.5 Å². The van der Waals surface area contributed by atoms with Gasteiger partial charge in [0.05, 0.1) is 17.4 Å². The quantitative estimate of drug-likeness (QED) is 0.190. The van der Waals surface area contributed by atoms with E-state index in [-0.39, 0.29) is 28.4 Å². The fourth-order valence-corrected chi connectivity index (χ4v) is 11.0. The van der Waals surface area contributed by atoms with Crippen molar-refractivity contribution in [1.29, 1.82) is 0 Å². The van der Waals surface area contributed by atoms with Crippen molar-refractivity contribution in [3.63, 3.8) is 0 Å². The zero-order valence-corrected chi connectivity index (χ0v) is 27.6. The average Bonchev–Trinajstić information content (AvgIpc) is 3.52. The summed E-state index contributed by atoms with van der Waals surface area (Å²) < 4.78 is 31.0. The van der Waals surface area contributed by atoms with Crippen LogP contribution in [0.3, 0.4) is 0 Å². The summed E-state index contributed by atoms with van der Waals surface area (Å²) in [5.74, 6) is -0.212. The Hall–Kier alpha value is -2.14. The lowest BCUT2D eigenvalue weighted by Gasteiger charge is -2.62. The van der Waals surface area contributed by atoms with Gasteiger partial charge in [0.15, 0.2) is 23.3 Å². The van der Waals surface area contributed by atoms with E-state index in [0.29, 0.717) is 19.3 Å². The van der Waals surface area contributed by atoms with E-state index >= 15 is 4.39 Å². The number of anilines is 1. The van der Waals surface area contributed by atoms with Crippen LogP contribution in [0, 0.1) is 22.7 Å². The molecule has 4 fully saturated rings. The maximum atomic E-state index is 17.6. The summed E-state index contributed by atoms with van der Waals surface area (Å²) in [6.45, 7) is 3.76. The summed E-state index contributed by atoms with van der Waals surface area (Å²) in [5.41, 5.74) is 3.77. The molecule has 0 amide bonds. The molecule has 9 unspecified atom stereocenters. The molecule has 45 heavy (non-hydrogen) atoms. The largest absolute Gasteiger partial charge is 0.399 e. The zero-order valence-electron chi connectivity index (χ0n) is 25.2. The van der Waals surface area contributed by atoms with Crippen LogP contribution in [0.4, 0.5) is 10.1 Å². The Bertz CT molecular complexity index is 1590. The lowest BCUT2D eigenvalue weighted by Crippen LogP contribution is -2.69. The number of ketones is 1. The van der Waals surface area contributed by atoms with Crippen LogP contribution < -0.4 is 5.73 Å². The molecule has 0 bridgehead atoms. The molecule has 1 saturated heterocycles. The molecule has 238 valence electrons. The summed E-state index contributed by atoms with van der Waals surface area (Å²) >= 11 is 8.78. The Labute approximate surface area is 276 Å². The summed E-state index contributed by atoms with van der Waals surface area (Å²) in [7, 11) is 0. The maximum Gasteiger partial charge on any atom is 0.225 e. The number of carbonyl (C=O) groups is 2. The normalized spacial score (nSPS) is 39.9. The summed E-state index contributed by atoms with van der Waals surface area (Å²) in [4.78, 5) is 27.4. The van der Waals surface area contributed by atoms with Gasteiger partial charge in [-0.15, -0.1) is 23.4 Å². The Morgan fingerprint density at radius 1 is 1.13 bits per heavy atom. The van der Waals surface area contributed by atoms with Crippen LogP contribution >= 0.6 is 35.1 Å². The van der Waals surface area contributed by atoms with Crippen LogP contribution in [-0.2, 0) is 24.8 Å². The van der Waals surface area contributed by atoms with Gasteiger partial charge in [0.25, 0.3) is 0 Å². The second kappa shape index (κ2) is 11.2. The zero-order chi connectivity index (χ0) is 31.8. The monoisotopic (exact) mass is 669 g/mol. The SMILES string of the molecule is CC12C=CC(=O)C=C1CCC1C3CC4OC(c5ccc(CSc6ccc(N)cc6)cc5)OC4(C(=O)SCCl)C3(C)CC(O)C12F. The highest BCUT2D eigenvalue weighted by molar-refractivity contribution is 8.14. The highest BCUT2D eigenvalue weighted by atomic mass is 35.5. The number of rotatable bonds is 6. The van der Waals surface area contributed by atoms with Crippen molar-refractivity contribution >= 4 is 51.7 Å². The van der Waals surface area contributed by atoms with Crippen molar-refractivity contribution in [3.05, 3.63) is 83.5 Å². The van der Waals surface area contributed by atoms with Gasteiger partial charge < -0.3 is 20.3 Å². The number of nitrogens with two attached hydrogens (primary N) is 1. The first kappa shape index (κ1) is 31.5. The number of ether oxygens (including phenoxy) is 2. The minimum Gasteiger partial charge on any atom is -0.399 e. The Morgan fingerprint density at radius 2 is 1.87 bits per heavy atom. The highest BCUT2D eigenvalue weighted by Crippen LogP contribution is 2.72. The van der Waals surface area contributed by atoms with E-state index in [1.165, 1.54) is 12.2 Å². The van der Waals surface area contributed by atoms with E-state index in [1.807, 2.05) is 55.5 Å². The molecule has 1 aliphatic heterocycles. The van der Waals surface area contributed by atoms with Crippen LogP contribution in [0.1, 0.15) is 56.9 Å². The predicted octanol–water partition coefficient (Wildman–Crippen LogP) is 7.15. The van der Waals surface area contributed by atoms with Crippen LogP contribution in [-0.4, -0.2) is 44.7 Å². The number of nitrogen functional groups attached to an aromatic ring is 1. The number of hydrogen-bond donors (Lipinski definition) is 2. The second-order valence-electron chi connectivity index (χ2n) is 13.5. The van der Waals surface area contributed by atoms with E-state index in [0.717, 1.165) is 44.8 Å². The fourth-order valence-electron chi connectivity index (χ4n) is 9.11. The molecule has 0 radical (unpaired) electrons. The molecule has 1 heterocycles. The van der Waals surface area contributed by atoms with Gasteiger partial charge in [-0.25, -0.2) is 4.39 Å². The molecular weight excluding hydrogens is 633 g/mol. The minimum atomic E-state index is -2.00. The van der Waals surface area contributed by atoms with Gasteiger partial charge in [-0.1, -0.05) is 54.6 Å². The number of allylic oxidation sites excluding steroid dienone is 4. The smallest absolute Gasteiger partial charge is 0.225 e. The van der Waals surface area contributed by atoms with Crippen molar-refractivity contribution in [2.24, 2.45) is 22.7 Å². The molecule has 9 atom stereocenters. The predicted molar refractivity (Wildman–Crippen MR) is 175 cm³/mol. The third-order valence-electron chi connectivity index (χ3n) is 11.4. The number of benzene rings is 2. The fraction of sp³-hybridized carbons (Fsp3) is 0.486. The molecule has 2 aromatic carbocycles. The third kappa shape index (κ3) is 4.55. The standard InChI is InChI=1S/C35H37ClFNO5S2/c1-32-14-13-24(39)15-22(32)7-12-26-27-16-29-35(31(41)45-19-36,33(27,2)17-28(40)34(26,32)37)43-30(42-29)21-5-3-20(4-6-21)18-44-25-10-8-23(38)9-11-25/h3-6,8-11,13-15,26-30,40H,7,12,16-19,38H2,1-2H3. The molecule has 0 spiro atoms. The van der Waals surface area contributed by atoms with Crippen LogP contribution in [0.25, 0.3) is 0 Å². The van der Waals surface area contributed by atoms with E-state index in [1.54, 1.807) is 24.8 Å². The number of aliphatic hydroxyl groups is 1. The second-order valence-corrected chi connectivity index (χ2v) is 16.0. The van der Waals surface area contributed by atoms with Crippen molar-refractivity contribution in [2.45, 2.75) is 79.9 Å². The number of hydrogen-bond acceptors (Lipinski definition) is 8. The summed E-state index contributed by atoms with van der Waals surface area (Å²) in [6.07, 6.45) is 3.28. The Morgan fingerprint density at radius 3 is 2.58 bits per heavy atom. The summed E-state index contributed by atoms with van der Waals surface area (Å²) in [6, 6.07) is 15.8. The van der Waals surface area contributed by atoms with Crippen molar-refractivity contribution < 1.29 is 28.6 Å². The van der Waals surface area contributed by atoms with Crippen molar-refractivity contribution in [2.75, 3.05) is 10.9 Å². The van der Waals surface area contributed by atoms with Gasteiger partial charge in [0.1, 0.15) is 0 Å². The number of fused-ring (bicyclic) bond motifs is 7. The number of thioether (sulfide) groups is 2. The number of aliphatic hydroxyl groups excluding tert-OH is 1. The molecular formula is C35H37ClFNO5S2. The highest BCUT2D eigenvalue weighted by Gasteiger charge is 2.79. The first-order valence-electron chi connectivity index (χ1n) is 15.4. The van der Waals surface area contributed by atoms with Gasteiger partial charge in [-0.2, -0.15) is 0 Å². The molecule has 3 saturated carbocycles. The minimum absolute atomic E-state index is 0.0256. The van der Waals surface area contributed by atoms with E-state index in [4.69, 9.17) is 26.8 Å². The Kier molecular flexibility index (Phi) is 7.86. The van der Waals surface area contributed by atoms with Gasteiger partial charge in [-0.3, -0.25) is 9.59 Å². The first-order chi connectivity index (χ1) is 21.5. The van der Waals surface area contributed by atoms with Crippen molar-refractivity contribution in [3.8, 4) is 0 Å². The molecule has 3 N–H and O–H groups in total. The molecule has 0 aromatic heterocycles. The third-order valence-corrected chi connectivity index (χ3v) is 13.5. The molecule has 4 aliphatic carbocycles. The van der Waals surface area contributed by atoms with E-state index in [2.05, 4.69) is 0 Å². The Balaban J connectivity index is 1.17. The molecule has 7 rings (SSSR count). The maximum absolute atomic E-state index is 17.6. The lowest BCUT2D eigenvalue weighted by atomic mass is 9.45. The first-order valence-corrected chi connectivity index (χ1v) is 17.9. The van der Waals surface area contributed by atoms with Crippen LogP contribution in [0.2, 0.25) is 0 Å². The van der Waals surface area contributed by atoms with Crippen LogP contribution in [0.15, 0.2) is 77.2 Å². The number of carbonyl (C=O) groups excluding carboxylic acids is 2. The van der Waals surface area contributed by atoms with Gasteiger partial charge in [-0.05, 0) is 80.5 Å². The molecule has 6 nitrogen and oxygen atoms in total. The topological polar surface area (TPSA) is 98.9 Å². The summed E-state index contributed by atoms with van der Waals surface area (Å²) in [5, 5.41) is 11.6. The molecule has 10 heteroatoms. The van der Waals surface area contributed by atoms with Crippen molar-refractivity contribution in [1.82, 2.24) is 0 Å². The number of alkyl halides is 2. The van der Waals surface area contributed by atoms with E-state index in [9.17, 15) is 14.7 Å². The number of halogens is 2. The van der Waals surface area contributed by atoms with Gasteiger partial charge in [0, 0.05) is 38.6 Å².